The van der Waals surface area contributed by atoms with Gasteiger partial charge in [0.25, 0.3) is 0 Å². The molecule has 0 unspecified atom stereocenters. The fourth-order valence-electron chi connectivity index (χ4n) is 1.23. The smallest absolute Gasteiger partial charge is 0.303 e. The molecule has 0 aliphatic heterocycles. The summed E-state index contributed by atoms with van der Waals surface area (Å²) in [6, 6.07) is 3.31. The molecule has 0 aliphatic rings. The second-order valence-corrected chi connectivity index (χ2v) is 2.99. The van der Waals surface area contributed by atoms with Gasteiger partial charge in [-0.3, -0.25) is 4.98 Å². The van der Waals surface area contributed by atoms with Crippen molar-refractivity contribution in [3.8, 4) is 17.3 Å². The molecule has 2 aromatic heterocycles. The van der Waals surface area contributed by atoms with Gasteiger partial charge in [0.1, 0.15) is 6.07 Å². The van der Waals surface area contributed by atoms with E-state index in [-0.39, 0.29) is 11.3 Å². The normalized spacial score (nSPS) is 9.75. The van der Waals surface area contributed by atoms with E-state index in [2.05, 4.69) is 15.0 Å². The summed E-state index contributed by atoms with van der Waals surface area (Å²) < 4.78 is 13.3. The van der Waals surface area contributed by atoms with Crippen LogP contribution < -0.4 is 5.69 Å². The minimum atomic E-state index is -0.670. The maximum absolute atomic E-state index is 13.3. The first kappa shape index (κ1) is 9.98. The van der Waals surface area contributed by atoms with Crippen LogP contribution in [0.25, 0.3) is 11.3 Å². The standard InChI is InChI=1S/C10H5FN4O/c11-8-5-14-10(16)15-9(8)7-1-6(2-12)3-13-4-7/h1,3-5H,(H,14,15,16). The molecule has 0 fully saturated rings. The maximum Gasteiger partial charge on any atom is 0.345 e. The Morgan fingerprint density at radius 2 is 2.19 bits per heavy atom. The molecular formula is C10H5FN4O. The Bertz CT molecular complexity index is 629. The number of nitrogens with one attached hydrogen (secondary N) is 1. The fraction of sp³-hybridized carbons (Fsp3) is 0. The summed E-state index contributed by atoms with van der Waals surface area (Å²) >= 11 is 0. The largest absolute Gasteiger partial charge is 0.345 e. The zero-order valence-corrected chi connectivity index (χ0v) is 7.94. The van der Waals surface area contributed by atoms with Crippen LogP contribution in [0.3, 0.4) is 0 Å². The number of aromatic amines is 1. The third-order valence-electron chi connectivity index (χ3n) is 1.92. The summed E-state index contributed by atoms with van der Waals surface area (Å²) in [6.45, 7) is 0. The van der Waals surface area contributed by atoms with Crippen LogP contribution in [-0.2, 0) is 0 Å². The third kappa shape index (κ3) is 1.79. The molecule has 0 aromatic carbocycles. The van der Waals surface area contributed by atoms with Crippen LogP contribution in [0.2, 0.25) is 0 Å². The Kier molecular flexibility index (Phi) is 2.44. The quantitative estimate of drug-likeness (QED) is 0.765. The Morgan fingerprint density at radius 1 is 1.38 bits per heavy atom. The van der Waals surface area contributed by atoms with Crippen molar-refractivity contribution >= 4 is 0 Å². The summed E-state index contributed by atoms with van der Waals surface area (Å²) in [5, 5.41) is 8.66. The number of aromatic nitrogens is 3. The van der Waals surface area contributed by atoms with Crippen LogP contribution in [0.15, 0.2) is 29.5 Å². The number of H-pyrrole nitrogens is 1. The van der Waals surface area contributed by atoms with Gasteiger partial charge in [-0.1, -0.05) is 0 Å². The van der Waals surface area contributed by atoms with E-state index in [9.17, 15) is 9.18 Å². The van der Waals surface area contributed by atoms with E-state index in [1.54, 1.807) is 0 Å². The zero-order valence-electron chi connectivity index (χ0n) is 7.94. The number of halogens is 1. The van der Waals surface area contributed by atoms with Gasteiger partial charge in [0.2, 0.25) is 0 Å². The summed E-state index contributed by atoms with van der Waals surface area (Å²) in [5.74, 6) is -0.670. The van der Waals surface area contributed by atoms with Gasteiger partial charge in [-0.2, -0.15) is 10.2 Å². The van der Waals surface area contributed by atoms with Crippen LogP contribution >= 0.6 is 0 Å². The molecule has 2 heterocycles. The van der Waals surface area contributed by atoms with E-state index in [1.165, 1.54) is 18.5 Å². The first-order valence-corrected chi connectivity index (χ1v) is 4.31. The Labute approximate surface area is 89.2 Å². The molecular weight excluding hydrogens is 211 g/mol. The Morgan fingerprint density at radius 3 is 2.94 bits per heavy atom. The highest BCUT2D eigenvalue weighted by Gasteiger charge is 2.07. The lowest BCUT2D eigenvalue weighted by Crippen LogP contribution is -2.11. The minimum Gasteiger partial charge on any atom is -0.303 e. The van der Waals surface area contributed by atoms with E-state index < -0.39 is 11.5 Å². The lowest BCUT2D eigenvalue weighted by molar-refractivity contribution is 0.615. The lowest BCUT2D eigenvalue weighted by Gasteiger charge is -2.01. The van der Waals surface area contributed by atoms with Crippen LogP contribution in [-0.4, -0.2) is 15.0 Å². The van der Waals surface area contributed by atoms with E-state index in [4.69, 9.17) is 5.26 Å². The van der Waals surface area contributed by atoms with Crippen molar-refractivity contribution in [2.75, 3.05) is 0 Å². The molecule has 1 N–H and O–H groups in total. The zero-order chi connectivity index (χ0) is 11.5. The van der Waals surface area contributed by atoms with Crippen molar-refractivity contribution in [1.29, 1.82) is 5.26 Å². The van der Waals surface area contributed by atoms with Crippen molar-refractivity contribution in [1.82, 2.24) is 15.0 Å². The molecule has 2 rings (SSSR count). The molecule has 0 aliphatic carbocycles. The van der Waals surface area contributed by atoms with Gasteiger partial charge in [0.15, 0.2) is 5.82 Å². The van der Waals surface area contributed by atoms with E-state index in [1.807, 2.05) is 6.07 Å². The van der Waals surface area contributed by atoms with E-state index in [0.717, 1.165) is 6.20 Å². The molecule has 2 aromatic rings. The van der Waals surface area contributed by atoms with Gasteiger partial charge < -0.3 is 4.98 Å². The summed E-state index contributed by atoms with van der Waals surface area (Å²) in [6.07, 6.45) is 3.53. The Balaban J connectivity index is 2.63. The topological polar surface area (TPSA) is 82.4 Å². The van der Waals surface area contributed by atoms with Gasteiger partial charge >= 0.3 is 5.69 Å². The number of rotatable bonds is 1. The van der Waals surface area contributed by atoms with Crippen LogP contribution in [0.5, 0.6) is 0 Å². The molecule has 0 spiro atoms. The highest BCUT2D eigenvalue weighted by atomic mass is 19.1. The van der Waals surface area contributed by atoms with Crippen LogP contribution in [0, 0.1) is 17.1 Å². The average molecular weight is 216 g/mol. The SMILES string of the molecule is N#Cc1cncc(-c2[nH]c(=O)ncc2F)c1. The third-order valence-corrected chi connectivity index (χ3v) is 1.92. The molecule has 78 valence electrons. The number of nitriles is 1. The summed E-state index contributed by atoms with van der Waals surface area (Å²) in [7, 11) is 0. The molecule has 0 radical (unpaired) electrons. The molecule has 5 nitrogen and oxygen atoms in total. The molecule has 16 heavy (non-hydrogen) atoms. The van der Waals surface area contributed by atoms with Gasteiger partial charge in [0.05, 0.1) is 17.5 Å². The van der Waals surface area contributed by atoms with E-state index in [0.29, 0.717) is 5.56 Å². The van der Waals surface area contributed by atoms with Crippen molar-refractivity contribution in [3.63, 3.8) is 0 Å². The minimum absolute atomic E-state index is 0.0235. The average Bonchev–Trinajstić information content (AvgIpc) is 2.32. The molecule has 0 bridgehead atoms. The second kappa shape index (κ2) is 3.90. The lowest BCUT2D eigenvalue weighted by atomic mass is 10.1. The number of nitrogens with zero attached hydrogens (tertiary/aromatic N) is 3. The van der Waals surface area contributed by atoms with Crippen molar-refractivity contribution < 1.29 is 4.39 Å². The molecule has 0 amide bonds. The molecule has 0 saturated heterocycles. The maximum atomic E-state index is 13.3. The first-order valence-electron chi connectivity index (χ1n) is 4.31. The summed E-state index contributed by atoms with van der Waals surface area (Å²) in [5.41, 5.74) is -0.0611. The molecule has 0 saturated carbocycles. The first-order chi connectivity index (χ1) is 7.70. The van der Waals surface area contributed by atoms with Crippen LogP contribution in [0.4, 0.5) is 4.39 Å². The fourth-order valence-corrected chi connectivity index (χ4v) is 1.23. The van der Waals surface area contributed by atoms with Gasteiger partial charge in [-0.15, -0.1) is 0 Å². The predicted octanol–water partition coefficient (Wildman–Crippen LogP) is 0.843. The highest BCUT2D eigenvalue weighted by molar-refractivity contribution is 5.59. The van der Waals surface area contributed by atoms with Crippen molar-refractivity contribution in [2.45, 2.75) is 0 Å². The van der Waals surface area contributed by atoms with Gasteiger partial charge in [-0.05, 0) is 6.07 Å². The van der Waals surface area contributed by atoms with Crippen LogP contribution in [0.1, 0.15) is 5.56 Å². The Hall–Kier alpha value is -2.55. The molecule has 6 heteroatoms. The second-order valence-electron chi connectivity index (χ2n) is 2.99. The van der Waals surface area contributed by atoms with Gasteiger partial charge in [0, 0.05) is 18.0 Å². The predicted molar refractivity (Wildman–Crippen MR) is 52.8 cm³/mol. The number of hydrogen-bond acceptors (Lipinski definition) is 4. The molecule has 0 atom stereocenters. The number of hydrogen-bond donors (Lipinski definition) is 1. The van der Waals surface area contributed by atoms with E-state index >= 15 is 0 Å². The number of pyridine rings is 1. The van der Waals surface area contributed by atoms with Gasteiger partial charge in [-0.25, -0.2) is 9.18 Å². The van der Waals surface area contributed by atoms with Crippen molar-refractivity contribution in [2.24, 2.45) is 0 Å². The monoisotopic (exact) mass is 216 g/mol. The van der Waals surface area contributed by atoms with Crippen molar-refractivity contribution in [3.05, 3.63) is 46.5 Å². The highest BCUT2D eigenvalue weighted by Crippen LogP contribution is 2.17. The summed E-state index contributed by atoms with van der Waals surface area (Å²) in [4.78, 5) is 20.2.